The zero-order valence-electron chi connectivity index (χ0n) is 15.4. The Morgan fingerprint density at radius 1 is 1.11 bits per heavy atom. The summed E-state index contributed by atoms with van der Waals surface area (Å²) < 4.78 is 22.6. The Kier molecular flexibility index (Phi) is 5.48. The third-order valence-electron chi connectivity index (χ3n) is 4.53. The van der Waals surface area contributed by atoms with Gasteiger partial charge in [-0.1, -0.05) is 36.4 Å². The van der Waals surface area contributed by atoms with Crippen LogP contribution < -0.4 is 5.32 Å². The maximum Gasteiger partial charge on any atom is 0.325 e. The monoisotopic (exact) mass is 389 g/mol. The van der Waals surface area contributed by atoms with Crippen LogP contribution in [0.5, 0.6) is 0 Å². The van der Waals surface area contributed by atoms with Gasteiger partial charge in [-0.15, -0.1) is 0 Å². The van der Waals surface area contributed by atoms with Gasteiger partial charge < -0.3 is 5.32 Å². The molecule has 1 aliphatic rings. The largest absolute Gasteiger partial charge is 0.326 e. The van der Waals surface area contributed by atoms with Crippen LogP contribution in [-0.2, 0) is 21.2 Å². The number of nitrogens with zero attached hydrogens (tertiary/aromatic N) is 2. The summed E-state index contributed by atoms with van der Waals surface area (Å²) >= 11 is 0. The van der Waals surface area contributed by atoms with Crippen LogP contribution in [-0.4, -0.2) is 61.9 Å². The predicted octanol–water partition coefficient (Wildman–Crippen LogP) is 1.58. The number of benzene rings is 2. The van der Waals surface area contributed by atoms with E-state index < -0.39 is 21.9 Å². The molecule has 0 aliphatic carbocycles. The van der Waals surface area contributed by atoms with Crippen molar-refractivity contribution in [3.8, 4) is 0 Å². The summed E-state index contributed by atoms with van der Waals surface area (Å²) in [7, 11) is -1.35. The van der Waals surface area contributed by atoms with Gasteiger partial charge in [0, 0.05) is 12.8 Å². The lowest BCUT2D eigenvalue weighted by molar-refractivity contribution is -0.128. The molecule has 0 saturated carbocycles. The quantitative estimate of drug-likeness (QED) is 0.727. The van der Waals surface area contributed by atoms with Gasteiger partial charge >= 0.3 is 6.03 Å². The molecule has 0 radical (unpaired) electrons. The highest BCUT2D eigenvalue weighted by molar-refractivity contribution is 7.90. The van der Waals surface area contributed by atoms with Gasteiger partial charge in [0.15, 0.2) is 0 Å². The number of sulfone groups is 1. The minimum Gasteiger partial charge on any atom is -0.326 e. The summed E-state index contributed by atoms with van der Waals surface area (Å²) in [5.41, 5.74) is 1.08. The Morgan fingerprint density at radius 2 is 1.81 bits per heavy atom. The Hall–Kier alpha value is -2.45. The Morgan fingerprint density at radius 3 is 2.52 bits per heavy atom. The van der Waals surface area contributed by atoms with Gasteiger partial charge in [0.25, 0.3) is 5.91 Å². The fourth-order valence-electron chi connectivity index (χ4n) is 3.18. The first-order valence-corrected chi connectivity index (χ1v) is 10.7. The number of fused-ring (bicyclic) bond motifs is 1. The number of carbonyl (C=O) groups excluding carboxylic acids is 2. The fraction of sp³-hybridized carbons (Fsp3) is 0.368. The third kappa shape index (κ3) is 4.84. The lowest BCUT2D eigenvalue weighted by Gasteiger charge is -2.22. The lowest BCUT2D eigenvalue weighted by atomic mass is 10.1. The number of imide groups is 1. The molecule has 3 amide bonds. The van der Waals surface area contributed by atoms with E-state index in [1.54, 1.807) is 0 Å². The summed E-state index contributed by atoms with van der Waals surface area (Å²) in [6.45, 7) is 0.725. The molecule has 2 aromatic carbocycles. The highest BCUT2D eigenvalue weighted by atomic mass is 32.2. The average Bonchev–Trinajstić information content (AvgIpc) is 2.87. The van der Waals surface area contributed by atoms with Gasteiger partial charge in [0.1, 0.15) is 15.9 Å². The number of amides is 3. The minimum absolute atomic E-state index is 0.0916. The van der Waals surface area contributed by atoms with Crippen LogP contribution in [0.15, 0.2) is 42.5 Å². The second kappa shape index (κ2) is 7.66. The van der Waals surface area contributed by atoms with Crippen molar-refractivity contribution in [2.45, 2.75) is 19.0 Å². The first-order valence-electron chi connectivity index (χ1n) is 8.69. The van der Waals surface area contributed by atoms with Gasteiger partial charge in [-0.2, -0.15) is 0 Å². The highest BCUT2D eigenvalue weighted by Gasteiger charge is 2.38. The molecule has 8 heteroatoms. The summed E-state index contributed by atoms with van der Waals surface area (Å²) in [6, 6.07) is 13.0. The van der Waals surface area contributed by atoms with E-state index >= 15 is 0 Å². The number of hydrogen-bond acceptors (Lipinski definition) is 5. The molecule has 0 unspecified atom stereocenters. The highest BCUT2D eigenvalue weighted by Crippen LogP contribution is 2.17. The second-order valence-corrected chi connectivity index (χ2v) is 9.28. The van der Waals surface area contributed by atoms with Crippen LogP contribution in [0.3, 0.4) is 0 Å². The Balaban J connectivity index is 1.61. The molecule has 27 heavy (non-hydrogen) atoms. The normalized spacial score (nSPS) is 17.7. The number of carbonyl (C=O) groups is 2. The molecule has 1 saturated heterocycles. The summed E-state index contributed by atoms with van der Waals surface area (Å²) in [5, 5.41) is 4.86. The van der Waals surface area contributed by atoms with E-state index in [1.165, 1.54) is 0 Å². The van der Waals surface area contributed by atoms with E-state index in [2.05, 4.69) is 11.4 Å². The summed E-state index contributed by atoms with van der Waals surface area (Å²) in [5.74, 6) is -0.515. The zero-order chi connectivity index (χ0) is 19.6. The van der Waals surface area contributed by atoms with Crippen LogP contribution >= 0.6 is 0 Å². The molecule has 1 fully saturated rings. The molecular formula is C19H23N3O4S. The first kappa shape index (κ1) is 19.3. The maximum atomic E-state index is 12.4. The molecule has 7 nitrogen and oxygen atoms in total. The molecule has 2 aromatic rings. The second-order valence-electron chi connectivity index (χ2n) is 7.02. The van der Waals surface area contributed by atoms with Crippen molar-refractivity contribution in [3.63, 3.8) is 0 Å². The molecule has 144 valence electrons. The molecule has 1 N–H and O–H groups in total. The van der Waals surface area contributed by atoms with Crippen LogP contribution in [0.2, 0.25) is 0 Å². The molecule has 3 rings (SSSR count). The van der Waals surface area contributed by atoms with Crippen molar-refractivity contribution in [1.82, 2.24) is 15.1 Å². The number of nitrogens with one attached hydrogen (secondary N) is 1. The molecular weight excluding hydrogens is 366 g/mol. The van der Waals surface area contributed by atoms with Crippen LogP contribution in [0.1, 0.15) is 12.0 Å². The van der Waals surface area contributed by atoms with Crippen molar-refractivity contribution < 1.29 is 18.0 Å². The van der Waals surface area contributed by atoms with Gasteiger partial charge in [-0.05, 0) is 35.9 Å². The van der Waals surface area contributed by atoms with Crippen LogP contribution in [0.25, 0.3) is 10.8 Å². The van der Waals surface area contributed by atoms with Gasteiger partial charge in [-0.25, -0.2) is 18.1 Å². The van der Waals surface area contributed by atoms with Gasteiger partial charge in [-0.3, -0.25) is 9.69 Å². The lowest BCUT2D eigenvalue weighted by Crippen LogP contribution is -2.40. The van der Waals surface area contributed by atoms with Gasteiger partial charge in [0.2, 0.25) is 0 Å². The van der Waals surface area contributed by atoms with E-state index in [-0.39, 0.29) is 24.7 Å². The Labute approximate surface area is 158 Å². The van der Waals surface area contributed by atoms with Crippen molar-refractivity contribution in [1.29, 1.82) is 0 Å². The van der Waals surface area contributed by atoms with Crippen LogP contribution in [0, 0.1) is 0 Å². The van der Waals surface area contributed by atoms with Crippen LogP contribution in [0.4, 0.5) is 4.79 Å². The summed E-state index contributed by atoms with van der Waals surface area (Å²) in [4.78, 5) is 27.5. The first-order chi connectivity index (χ1) is 12.7. The topological polar surface area (TPSA) is 86.8 Å². The van der Waals surface area contributed by atoms with Gasteiger partial charge in [0.05, 0.1) is 12.4 Å². The molecule has 1 aliphatic heterocycles. The van der Waals surface area contributed by atoms with Crippen molar-refractivity contribution in [3.05, 3.63) is 48.0 Å². The van der Waals surface area contributed by atoms with E-state index in [1.807, 2.05) is 48.3 Å². The fourth-order valence-corrected chi connectivity index (χ4v) is 3.84. The van der Waals surface area contributed by atoms with E-state index in [0.29, 0.717) is 6.54 Å². The standard InChI is InChI=1S/C19H23N3O4S/c1-21(12-14-7-8-15-5-3-4-6-16(15)11-14)13-22-18(23)17(20-19(22)24)9-10-27(2,25)26/h3-8,11,17H,9-10,12-13H2,1-2H3,(H,20,24)/t17-/m1/s1. The smallest absolute Gasteiger partial charge is 0.325 e. The summed E-state index contributed by atoms with van der Waals surface area (Å²) in [6.07, 6.45) is 1.21. The number of rotatable bonds is 7. The van der Waals surface area contributed by atoms with E-state index in [9.17, 15) is 18.0 Å². The minimum atomic E-state index is -3.18. The van der Waals surface area contributed by atoms with E-state index in [4.69, 9.17) is 0 Å². The SMILES string of the molecule is CN(Cc1ccc2ccccc2c1)CN1C(=O)N[C@H](CCS(C)(=O)=O)C1=O. The average molecular weight is 389 g/mol. The zero-order valence-corrected chi connectivity index (χ0v) is 16.2. The maximum absolute atomic E-state index is 12.4. The predicted molar refractivity (Wildman–Crippen MR) is 104 cm³/mol. The molecule has 0 spiro atoms. The Bertz CT molecular complexity index is 974. The third-order valence-corrected chi connectivity index (χ3v) is 5.51. The molecule has 0 bridgehead atoms. The molecule has 1 heterocycles. The van der Waals surface area contributed by atoms with Crippen molar-refractivity contribution in [2.24, 2.45) is 0 Å². The van der Waals surface area contributed by atoms with Crippen molar-refractivity contribution >= 4 is 32.5 Å². The number of hydrogen-bond donors (Lipinski definition) is 1. The molecule has 0 aromatic heterocycles. The molecule has 1 atom stereocenters. The van der Waals surface area contributed by atoms with E-state index in [0.717, 1.165) is 27.5 Å². The van der Waals surface area contributed by atoms with Crippen molar-refractivity contribution in [2.75, 3.05) is 25.7 Å². The number of urea groups is 1.